The second-order valence-electron chi connectivity index (χ2n) is 7.35. The van der Waals surface area contributed by atoms with Gasteiger partial charge in [0.05, 0.1) is 18.9 Å². The van der Waals surface area contributed by atoms with Crippen LogP contribution in [0.25, 0.3) is 0 Å². The van der Waals surface area contributed by atoms with Gasteiger partial charge in [-0.25, -0.2) is 4.79 Å². The number of amides is 1. The lowest BCUT2D eigenvalue weighted by Crippen LogP contribution is -2.27. The molecule has 1 unspecified atom stereocenters. The molecule has 0 heterocycles. The van der Waals surface area contributed by atoms with Crippen LogP contribution in [0.4, 0.5) is 10.5 Å². The number of rotatable bonds is 8. The van der Waals surface area contributed by atoms with E-state index < -0.39 is 11.7 Å². The number of halogens is 1. The van der Waals surface area contributed by atoms with Crippen LogP contribution in [0.5, 0.6) is 5.75 Å². The average molecular weight is 394 g/mol. The summed E-state index contributed by atoms with van der Waals surface area (Å²) in [6.07, 6.45) is 9.65. The fourth-order valence-electron chi connectivity index (χ4n) is 2.47. The Bertz CT molecular complexity index is 679. The molecule has 1 amide bonds. The van der Waals surface area contributed by atoms with Gasteiger partial charge in [-0.2, -0.15) is 0 Å². The van der Waals surface area contributed by atoms with Gasteiger partial charge in [0.25, 0.3) is 0 Å². The fourth-order valence-corrected chi connectivity index (χ4v) is 2.63. The number of hydrogen-bond acceptors (Lipinski definition) is 4. The van der Waals surface area contributed by atoms with Gasteiger partial charge in [0.15, 0.2) is 0 Å². The van der Waals surface area contributed by atoms with Crippen LogP contribution in [-0.2, 0) is 9.47 Å². The third-order valence-electron chi connectivity index (χ3n) is 3.67. The fraction of sp³-hybridized carbons (Fsp3) is 0.476. The maximum atomic E-state index is 12.0. The molecule has 0 saturated heterocycles. The smallest absolute Gasteiger partial charge is 0.412 e. The third kappa shape index (κ3) is 8.50. The van der Waals surface area contributed by atoms with E-state index in [1.54, 1.807) is 18.2 Å². The van der Waals surface area contributed by atoms with Crippen LogP contribution in [0.3, 0.4) is 0 Å². The summed E-state index contributed by atoms with van der Waals surface area (Å²) in [6, 6.07) is 5.06. The summed E-state index contributed by atoms with van der Waals surface area (Å²) in [4.78, 5) is 12.0. The highest BCUT2D eigenvalue weighted by Crippen LogP contribution is 2.29. The Morgan fingerprint density at radius 1 is 1.26 bits per heavy atom. The van der Waals surface area contributed by atoms with Crippen LogP contribution in [0.2, 0.25) is 5.02 Å². The summed E-state index contributed by atoms with van der Waals surface area (Å²) in [7, 11) is 0. The van der Waals surface area contributed by atoms with Crippen LogP contribution in [0, 0.1) is 5.92 Å². The van der Waals surface area contributed by atoms with Crippen molar-refractivity contribution >= 4 is 23.4 Å². The first-order valence-corrected chi connectivity index (χ1v) is 9.55. The zero-order chi connectivity index (χ0) is 19.7. The zero-order valence-electron chi connectivity index (χ0n) is 16.2. The highest BCUT2D eigenvalue weighted by molar-refractivity contribution is 6.30. The van der Waals surface area contributed by atoms with Crippen LogP contribution in [-0.4, -0.2) is 31.5 Å². The highest BCUT2D eigenvalue weighted by Gasteiger charge is 2.17. The minimum Gasteiger partial charge on any atom is -0.491 e. The Kier molecular flexibility index (Phi) is 8.20. The molecule has 0 saturated carbocycles. The molecule has 2 rings (SSSR count). The molecule has 0 aromatic heterocycles. The van der Waals surface area contributed by atoms with Crippen molar-refractivity contribution in [1.29, 1.82) is 0 Å². The molecular formula is C21H28ClNO4. The molecule has 27 heavy (non-hydrogen) atoms. The van der Waals surface area contributed by atoms with Crippen molar-refractivity contribution in [3.05, 3.63) is 47.5 Å². The summed E-state index contributed by atoms with van der Waals surface area (Å²) >= 11 is 6.05. The first-order valence-electron chi connectivity index (χ1n) is 9.17. The Morgan fingerprint density at radius 2 is 2.07 bits per heavy atom. The van der Waals surface area contributed by atoms with Gasteiger partial charge in [-0.3, -0.25) is 5.32 Å². The molecule has 148 valence electrons. The van der Waals surface area contributed by atoms with Gasteiger partial charge < -0.3 is 14.2 Å². The molecule has 0 spiro atoms. The minimum atomic E-state index is -0.571. The Labute approximate surface area is 166 Å². The molecule has 1 atom stereocenters. The van der Waals surface area contributed by atoms with Gasteiger partial charge in [-0.05, 0) is 39.3 Å². The molecule has 0 fully saturated rings. The van der Waals surface area contributed by atoms with E-state index >= 15 is 0 Å². The molecule has 0 bridgehead atoms. The van der Waals surface area contributed by atoms with Crippen molar-refractivity contribution < 1.29 is 19.0 Å². The molecule has 1 aromatic carbocycles. The van der Waals surface area contributed by atoms with Gasteiger partial charge in [-0.1, -0.05) is 35.9 Å². The van der Waals surface area contributed by atoms with E-state index in [2.05, 4.69) is 29.6 Å². The topological polar surface area (TPSA) is 56.8 Å². The SMILES string of the molecule is CC(C)(C)OC(=O)Nc1ccc(Cl)cc1OCCCOCC1C=CC=CC1. The van der Waals surface area contributed by atoms with E-state index in [9.17, 15) is 4.79 Å². The number of hydrogen-bond donors (Lipinski definition) is 1. The number of nitrogens with one attached hydrogen (secondary N) is 1. The number of anilines is 1. The van der Waals surface area contributed by atoms with Crippen LogP contribution >= 0.6 is 11.6 Å². The lowest BCUT2D eigenvalue weighted by atomic mass is 10.0. The van der Waals surface area contributed by atoms with E-state index in [1.165, 1.54) is 0 Å². The Hall–Kier alpha value is -1.98. The predicted molar refractivity (Wildman–Crippen MR) is 109 cm³/mol. The van der Waals surface area contributed by atoms with E-state index in [1.807, 2.05) is 20.8 Å². The largest absolute Gasteiger partial charge is 0.491 e. The molecule has 1 aromatic rings. The van der Waals surface area contributed by atoms with E-state index in [0.29, 0.717) is 42.2 Å². The first kappa shape index (κ1) is 21.3. The second-order valence-corrected chi connectivity index (χ2v) is 7.79. The van der Waals surface area contributed by atoms with Crippen molar-refractivity contribution in [2.24, 2.45) is 5.92 Å². The summed E-state index contributed by atoms with van der Waals surface area (Å²) in [5, 5.41) is 3.23. The maximum absolute atomic E-state index is 12.0. The van der Waals surface area contributed by atoms with Crippen LogP contribution < -0.4 is 10.1 Å². The van der Waals surface area contributed by atoms with Crippen molar-refractivity contribution in [1.82, 2.24) is 0 Å². The lowest BCUT2D eigenvalue weighted by Gasteiger charge is -2.20. The van der Waals surface area contributed by atoms with Gasteiger partial charge in [0.2, 0.25) is 0 Å². The molecule has 0 radical (unpaired) electrons. The molecule has 5 nitrogen and oxygen atoms in total. The number of benzene rings is 1. The third-order valence-corrected chi connectivity index (χ3v) is 3.91. The zero-order valence-corrected chi connectivity index (χ0v) is 16.9. The van der Waals surface area contributed by atoms with Crippen molar-refractivity contribution in [2.75, 3.05) is 25.1 Å². The Balaban J connectivity index is 1.76. The molecule has 1 aliphatic rings. The molecule has 6 heteroatoms. The average Bonchev–Trinajstić information content (AvgIpc) is 2.59. The minimum absolute atomic E-state index is 0.452. The summed E-state index contributed by atoms with van der Waals surface area (Å²) < 4.78 is 16.8. The maximum Gasteiger partial charge on any atom is 0.412 e. The van der Waals surface area contributed by atoms with Gasteiger partial charge in [0.1, 0.15) is 11.4 Å². The van der Waals surface area contributed by atoms with Crippen molar-refractivity contribution in [3.63, 3.8) is 0 Å². The number of ether oxygens (including phenoxy) is 3. The summed E-state index contributed by atoms with van der Waals surface area (Å²) in [5.41, 5.74) is -0.0493. The summed E-state index contributed by atoms with van der Waals surface area (Å²) in [6.45, 7) is 7.22. The van der Waals surface area contributed by atoms with Crippen molar-refractivity contribution in [3.8, 4) is 5.75 Å². The molecule has 0 aliphatic heterocycles. The Morgan fingerprint density at radius 3 is 2.78 bits per heavy atom. The highest BCUT2D eigenvalue weighted by atomic mass is 35.5. The number of allylic oxidation sites excluding steroid dienone is 3. The predicted octanol–water partition coefficient (Wildman–Crippen LogP) is 5.60. The summed E-state index contributed by atoms with van der Waals surface area (Å²) in [5.74, 6) is 0.960. The van der Waals surface area contributed by atoms with E-state index in [-0.39, 0.29) is 0 Å². The van der Waals surface area contributed by atoms with Crippen LogP contribution in [0.15, 0.2) is 42.5 Å². The number of carbonyl (C=O) groups is 1. The standard InChI is InChI=1S/C21H28ClNO4/c1-21(2,3)27-20(24)23-18-11-10-17(22)14-19(18)26-13-7-12-25-15-16-8-5-4-6-9-16/h4-6,8,10-11,14,16H,7,9,12-13,15H2,1-3H3,(H,23,24). The van der Waals surface area contributed by atoms with Gasteiger partial charge in [-0.15, -0.1) is 0 Å². The molecule has 1 N–H and O–H groups in total. The first-order chi connectivity index (χ1) is 12.8. The van der Waals surface area contributed by atoms with Crippen molar-refractivity contribution in [2.45, 2.75) is 39.2 Å². The molecule has 1 aliphatic carbocycles. The van der Waals surface area contributed by atoms with Gasteiger partial charge >= 0.3 is 6.09 Å². The van der Waals surface area contributed by atoms with E-state index in [0.717, 1.165) is 12.8 Å². The van der Waals surface area contributed by atoms with E-state index in [4.69, 9.17) is 25.8 Å². The monoisotopic (exact) mass is 393 g/mol. The van der Waals surface area contributed by atoms with Gasteiger partial charge in [0, 0.05) is 30.0 Å². The second kappa shape index (κ2) is 10.4. The normalized spacial score (nSPS) is 16.2. The molecular weight excluding hydrogens is 366 g/mol. The number of carbonyl (C=O) groups excluding carboxylic acids is 1. The van der Waals surface area contributed by atoms with Crippen LogP contribution in [0.1, 0.15) is 33.6 Å². The quantitative estimate of drug-likeness (QED) is 0.583. The lowest BCUT2D eigenvalue weighted by molar-refractivity contribution is 0.0635.